The van der Waals surface area contributed by atoms with Crippen molar-refractivity contribution in [2.24, 2.45) is 0 Å². The third-order valence-electron chi connectivity index (χ3n) is 5.19. The number of amides is 3. The quantitative estimate of drug-likeness (QED) is 0.332. The summed E-state index contributed by atoms with van der Waals surface area (Å²) in [4.78, 5) is 50.7. The number of nitrogens with zero attached hydrogens (tertiary/aromatic N) is 1. The van der Waals surface area contributed by atoms with E-state index in [1.165, 1.54) is 13.2 Å². The third kappa shape index (κ3) is 6.40. The van der Waals surface area contributed by atoms with Gasteiger partial charge in [0.05, 0.1) is 23.1 Å². The van der Waals surface area contributed by atoms with Gasteiger partial charge in [-0.2, -0.15) is 0 Å². The lowest BCUT2D eigenvalue weighted by atomic mass is 10.2. The van der Waals surface area contributed by atoms with Crippen molar-refractivity contribution in [2.45, 2.75) is 6.92 Å². The molecule has 1 N–H and O–H groups in total. The Morgan fingerprint density at radius 2 is 1.92 bits per heavy atom. The Balaban J connectivity index is 1.43. The molecule has 2 heterocycles. The van der Waals surface area contributed by atoms with Crippen molar-refractivity contribution < 1.29 is 42.9 Å². The van der Waals surface area contributed by atoms with Crippen molar-refractivity contribution in [1.82, 2.24) is 4.90 Å². The van der Waals surface area contributed by atoms with Crippen LogP contribution in [0.1, 0.15) is 12.5 Å². The van der Waals surface area contributed by atoms with E-state index in [1.807, 2.05) is 0 Å². The Kier molecular flexibility index (Phi) is 8.79. The van der Waals surface area contributed by atoms with Crippen LogP contribution in [0.15, 0.2) is 39.7 Å². The molecule has 1 fully saturated rings. The fourth-order valence-corrected chi connectivity index (χ4v) is 4.96. The lowest BCUT2D eigenvalue weighted by Crippen LogP contribution is -2.36. The summed E-state index contributed by atoms with van der Waals surface area (Å²) in [6.07, 6.45) is 1.51. The molecule has 4 rings (SSSR count). The summed E-state index contributed by atoms with van der Waals surface area (Å²) in [6, 6.07) is 8.17. The van der Waals surface area contributed by atoms with Gasteiger partial charge in [-0.25, -0.2) is 4.79 Å². The molecule has 2 aromatic carbocycles. The molecule has 0 bridgehead atoms. The van der Waals surface area contributed by atoms with E-state index in [2.05, 4.69) is 21.2 Å². The molecule has 0 unspecified atom stereocenters. The van der Waals surface area contributed by atoms with Crippen LogP contribution in [0.3, 0.4) is 0 Å². The number of benzene rings is 2. The molecule has 0 atom stereocenters. The van der Waals surface area contributed by atoms with Gasteiger partial charge < -0.3 is 29.0 Å². The summed E-state index contributed by atoms with van der Waals surface area (Å²) in [5, 5.41) is 2.09. The van der Waals surface area contributed by atoms with Crippen LogP contribution in [0.25, 0.3) is 6.08 Å². The summed E-state index contributed by atoms with van der Waals surface area (Å²) in [7, 11) is 1.43. The van der Waals surface area contributed by atoms with Crippen molar-refractivity contribution in [3.05, 3.63) is 45.3 Å². The largest absolute Gasteiger partial charge is 0.493 e. The number of nitrogens with one attached hydrogen (secondary N) is 1. The molecule has 2 aliphatic rings. The van der Waals surface area contributed by atoms with Crippen LogP contribution >= 0.6 is 27.7 Å². The zero-order valence-corrected chi connectivity index (χ0v) is 22.8. The highest BCUT2D eigenvalue weighted by Crippen LogP contribution is 2.39. The summed E-state index contributed by atoms with van der Waals surface area (Å²) < 4.78 is 27.2. The fraction of sp³-hybridized carbons (Fsp3) is 0.280. The first-order valence-corrected chi connectivity index (χ1v) is 13.0. The number of esters is 1. The van der Waals surface area contributed by atoms with Crippen molar-refractivity contribution in [1.29, 1.82) is 0 Å². The molecule has 11 nitrogen and oxygen atoms in total. The first-order valence-electron chi connectivity index (χ1n) is 11.4. The van der Waals surface area contributed by atoms with Gasteiger partial charge in [-0.15, -0.1) is 0 Å². The highest BCUT2D eigenvalue weighted by atomic mass is 79.9. The van der Waals surface area contributed by atoms with Crippen LogP contribution in [-0.4, -0.2) is 68.0 Å². The molecule has 2 aromatic rings. The molecule has 0 radical (unpaired) electrons. The molecular weight excluding hydrogens is 584 g/mol. The molecule has 3 amide bonds. The summed E-state index contributed by atoms with van der Waals surface area (Å²) in [6.45, 7) is 2.01. The van der Waals surface area contributed by atoms with Gasteiger partial charge in [0.15, 0.2) is 29.6 Å². The second-order valence-corrected chi connectivity index (χ2v) is 9.65. The van der Waals surface area contributed by atoms with Crippen LogP contribution in [0.2, 0.25) is 0 Å². The number of ether oxygens (including phenoxy) is 5. The summed E-state index contributed by atoms with van der Waals surface area (Å²) >= 11 is 4.10. The maximum atomic E-state index is 12.9. The topological polar surface area (TPSA) is 130 Å². The van der Waals surface area contributed by atoms with Gasteiger partial charge in [-0.3, -0.25) is 19.3 Å². The SMILES string of the molecule is CCOC(=O)COc1c(Br)cc(/C=C2\SC(=O)N(CC(=O)Nc3ccc4c(c3)OCCO4)C2=O)cc1OC. The normalized spacial score (nSPS) is 15.4. The third-order valence-corrected chi connectivity index (χ3v) is 6.69. The van der Waals surface area contributed by atoms with Gasteiger partial charge in [0, 0.05) is 11.8 Å². The monoisotopic (exact) mass is 606 g/mol. The maximum absolute atomic E-state index is 12.9. The minimum atomic E-state index is -0.602. The molecule has 200 valence electrons. The number of carbonyl (C=O) groups is 4. The molecule has 0 aliphatic carbocycles. The van der Waals surface area contributed by atoms with E-state index in [4.69, 9.17) is 23.7 Å². The second-order valence-electron chi connectivity index (χ2n) is 7.80. The van der Waals surface area contributed by atoms with Gasteiger partial charge in [-0.05, 0) is 70.5 Å². The average molecular weight is 607 g/mol. The maximum Gasteiger partial charge on any atom is 0.344 e. The highest BCUT2D eigenvalue weighted by molar-refractivity contribution is 9.10. The van der Waals surface area contributed by atoms with Crippen LogP contribution in [-0.2, 0) is 19.1 Å². The fourth-order valence-electron chi connectivity index (χ4n) is 3.55. The van der Waals surface area contributed by atoms with E-state index in [0.717, 1.165) is 16.7 Å². The minimum absolute atomic E-state index is 0.135. The van der Waals surface area contributed by atoms with Gasteiger partial charge in [0.1, 0.15) is 19.8 Å². The van der Waals surface area contributed by atoms with Gasteiger partial charge >= 0.3 is 5.97 Å². The second kappa shape index (κ2) is 12.2. The van der Waals surface area contributed by atoms with Crippen LogP contribution in [0.5, 0.6) is 23.0 Å². The van der Waals surface area contributed by atoms with E-state index in [1.54, 1.807) is 37.3 Å². The Morgan fingerprint density at radius 3 is 2.66 bits per heavy atom. The number of thioether (sulfide) groups is 1. The number of rotatable bonds is 9. The van der Waals surface area contributed by atoms with E-state index in [9.17, 15) is 19.2 Å². The van der Waals surface area contributed by atoms with Crippen molar-refractivity contribution in [3.63, 3.8) is 0 Å². The van der Waals surface area contributed by atoms with Crippen molar-refractivity contribution >= 4 is 62.5 Å². The van der Waals surface area contributed by atoms with E-state index < -0.39 is 29.6 Å². The Labute approximate surface area is 230 Å². The Bertz CT molecular complexity index is 1310. The van der Waals surface area contributed by atoms with Crippen LogP contribution in [0, 0.1) is 0 Å². The van der Waals surface area contributed by atoms with Gasteiger partial charge in [-0.1, -0.05) is 0 Å². The molecule has 13 heteroatoms. The number of imide groups is 1. The summed E-state index contributed by atoms with van der Waals surface area (Å²) in [5.74, 6) is -0.0196. The van der Waals surface area contributed by atoms with E-state index in [0.29, 0.717) is 46.2 Å². The van der Waals surface area contributed by atoms with Gasteiger partial charge in [0.25, 0.3) is 11.1 Å². The zero-order chi connectivity index (χ0) is 27.2. The number of carbonyl (C=O) groups excluding carboxylic acids is 4. The molecule has 2 aliphatic heterocycles. The van der Waals surface area contributed by atoms with Crippen LogP contribution < -0.4 is 24.3 Å². The number of anilines is 1. The molecule has 1 saturated heterocycles. The lowest BCUT2D eigenvalue weighted by Gasteiger charge is -2.19. The Hall–Kier alpha value is -3.71. The zero-order valence-electron chi connectivity index (χ0n) is 20.4. The summed E-state index contributed by atoms with van der Waals surface area (Å²) in [5.41, 5.74) is 0.979. The standard InChI is InChI=1S/C25H23BrN2O9S/c1-3-34-22(30)13-37-23-16(26)8-14(9-19(23)33-2)10-20-24(31)28(25(32)38-20)12-21(29)27-15-4-5-17-18(11-15)36-7-6-35-17/h4-5,8-11H,3,6-7,12-13H2,1-2H3,(H,27,29)/b20-10-. The molecule has 0 spiro atoms. The van der Waals surface area contributed by atoms with Crippen molar-refractivity contribution in [3.8, 4) is 23.0 Å². The first kappa shape index (κ1) is 27.3. The van der Waals surface area contributed by atoms with Crippen molar-refractivity contribution in [2.75, 3.05) is 45.4 Å². The molecular formula is C25H23BrN2O9S. The number of fused-ring (bicyclic) bond motifs is 1. The minimum Gasteiger partial charge on any atom is -0.493 e. The molecule has 38 heavy (non-hydrogen) atoms. The smallest absolute Gasteiger partial charge is 0.344 e. The lowest BCUT2D eigenvalue weighted by molar-refractivity contribution is -0.145. The predicted octanol–water partition coefficient (Wildman–Crippen LogP) is 3.85. The van der Waals surface area contributed by atoms with Gasteiger partial charge in [0.2, 0.25) is 5.91 Å². The molecule has 0 aromatic heterocycles. The Morgan fingerprint density at radius 1 is 1.16 bits per heavy atom. The number of hydrogen-bond acceptors (Lipinski definition) is 10. The molecule has 0 saturated carbocycles. The number of methoxy groups -OCH3 is 1. The first-order chi connectivity index (χ1) is 18.3. The number of halogens is 1. The van der Waals surface area contributed by atoms with E-state index >= 15 is 0 Å². The highest BCUT2D eigenvalue weighted by Gasteiger charge is 2.36. The van der Waals surface area contributed by atoms with Crippen LogP contribution in [0.4, 0.5) is 10.5 Å². The van der Waals surface area contributed by atoms with E-state index in [-0.39, 0.29) is 23.9 Å². The average Bonchev–Trinajstić information content (AvgIpc) is 3.15. The predicted molar refractivity (Wildman–Crippen MR) is 142 cm³/mol. The number of hydrogen-bond donors (Lipinski definition) is 1.